The molecule has 1 N–H and O–H groups in total. The maximum atomic E-state index is 12.4. The largest absolute Gasteiger partial charge is 0.454 e. The minimum Gasteiger partial charge on any atom is -0.454 e. The quantitative estimate of drug-likeness (QED) is 0.872. The smallest absolute Gasteiger partial charge is 0.236 e. The van der Waals surface area contributed by atoms with E-state index in [1.165, 1.54) is 0 Å². The Morgan fingerprint density at radius 1 is 1.08 bits per heavy atom. The molecule has 26 heavy (non-hydrogen) atoms. The maximum absolute atomic E-state index is 12.4. The third-order valence-corrected chi connectivity index (χ3v) is 4.65. The van der Waals surface area contributed by atoms with Crippen LogP contribution in [0.3, 0.4) is 0 Å². The number of piperazine rings is 1. The van der Waals surface area contributed by atoms with Gasteiger partial charge in [0.2, 0.25) is 12.7 Å². The van der Waals surface area contributed by atoms with Crippen LogP contribution in [-0.4, -0.2) is 55.3 Å². The molecule has 0 aliphatic carbocycles. The van der Waals surface area contributed by atoms with Gasteiger partial charge in [-0.15, -0.1) is 0 Å². The molecule has 3 heterocycles. The summed E-state index contributed by atoms with van der Waals surface area (Å²) in [6, 6.07) is 11.7. The van der Waals surface area contributed by atoms with E-state index >= 15 is 0 Å². The molecule has 1 aromatic carbocycles. The number of benzene rings is 1. The number of aromatic nitrogens is 1. The summed E-state index contributed by atoms with van der Waals surface area (Å²) in [6.07, 6.45) is 1.80. The predicted octanol–water partition coefficient (Wildman–Crippen LogP) is 1.25. The molecule has 2 aliphatic heterocycles. The molecule has 1 saturated heterocycles. The highest BCUT2D eigenvalue weighted by atomic mass is 16.7. The number of hydrogen-bond donors (Lipinski definition) is 1. The second kappa shape index (κ2) is 7.61. The van der Waals surface area contributed by atoms with Gasteiger partial charge in [-0.1, -0.05) is 12.1 Å². The standard InChI is InChI=1S/C19H22N4O3/c24-19(13-20-12-15-4-5-16-17(11-15)26-14-25-16)23-9-7-22(8-10-23)18-3-1-2-6-21-18/h1-6,11,20H,7-10,12-14H2. The molecule has 2 aromatic rings. The Balaban J connectivity index is 1.22. The topological polar surface area (TPSA) is 66.9 Å². The SMILES string of the molecule is O=C(CNCc1ccc2c(c1)OCO2)N1CCN(c2ccccn2)CC1. The first-order valence-corrected chi connectivity index (χ1v) is 8.82. The van der Waals surface area contributed by atoms with Gasteiger partial charge in [0.05, 0.1) is 6.54 Å². The third-order valence-electron chi connectivity index (χ3n) is 4.65. The van der Waals surface area contributed by atoms with Crippen molar-refractivity contribution in [1.29, 1.82) is 0 Å². The molecule has 4 rings (SSSR count). The second-order valence-electron chi connectivity index (χ2n) is 6.35. The molecule has 7 nitrogen and oxygen atoms in total. The zero-order valence-corrected chi connectivity index (χ0v) is 14.6. The van der Waals surface area contributed by atoms with Crippen LogP contribution < -0.4 is 19.7 Å². The lowest BCUT2D eigenvalue weighted by Crippen LogP contribution is -2.51. The predicted molar refractivity (Wildman–Crippen MR) is 97.3 cm³/mol. The van der Waals surface area contributed by atoms with Crippen LogP contribution in [0.1, 0.15) is 5.56 Å². The van der Waals surface area contributed by atoms with Crippen LogP contribution in [0.4, 0.5) is 5.82 Å². The number of amides is 1. The molecule has 7 heteroatoms. The van der Waals surface area contributed by atoms with Gasteiger partial charge in [-0.3, -0.25) is 4.79 Å². The fourth-order valence-corrected chi connectivity index (χ4v) is 3.20. The summed E-state index contributed by atoms with van der Waals surface area (Å²) in [4.78, 5) is 20.9. The first-order chi connectivity index (χ1) is 12.8. The summed E-state index contributed by atoms with van der Waals surface area (Å²) >= 11 is 0. The van der Waals surface area contributed by atoms with Crippen LogP contribution in [-0.2, 0) is 11.3 Å². The first-order valence-electron chi connectivity index (χ1n) is 8.82. The number of pyridine rings is 1. The molecule has 0 unspecified atom stereocenters. The maximum Gasteiger partial charge on any atom is 0.236 e. The Kier molecular flexibility index (Phi) is 4.88. The summed E-state index contributed by atoms with van der Waals surface area (Å²) in [5.74, 6) is 2.64. The van der Waals surface area contributed by atoms with E-state index < -0.39 is 0 Å². The Morgan fingerprint density at radius 2 is 1.92 bits per heavy atom. The van der Waals surface area contributed by atoms with E-state index in [1.807, 2.05) is 41.3 Å². The zero-order valence-electron chi connectivity index (χ0n) is 14.6. The molecule has 2 aliphatic rings. The first kappa shape index (κ1) is 16.7. The van der Waals surface area contributed by atoms with E-state index in [4.69, 9.17) is 9.47 Å². The van der Waals surface area contributed by atoms with Crippen LogP contribution in [0.2, 0.25) is 0 Å². The minimum absolute atomic E-state index is 0.131. The van der Waals surface area contributed by atoms with Crippen molar-refractivity contribution in [3.8, 4) is 11.5 Å². The summed E-state index contributed by atoms with van der Waals surface area (Å²) in [5, 5.41) is 3.22. The Hall–Kier alpha value is -2.80. The Morgan fingerprint density at radius 3 is 2.73 bits per heavy atom. The lowest BCUT2D eigenvalue weighted by atomic mass is 10.2. The van der Waals surface area contributed by atoms with Gasteiger partial charge in [-0.05, 0) is 29.8 Å². The van der Waals surface area contributed by atoms with Crippen molar-refractivity contribution in [2.45, 2.75) is 6.54 Å². The summed E-state index contributed by atoms with van der Waals surface area (Å²) in [7, 11) is 0. The summed E-state index contributed by atoms with van der Waals surface area (Å²) in [6.45, 7) is 4.29. The van der Waals surface area contributed by atoms with Gasteiger partial charge in [0.15, 0.2) is 11.5 Å². The van der Waals surface area contributed by atoms with Crippen molar-refractivity contribution in [3.05, 3.63) is 48.2 Å². The molecule has 0 bridgehead atoms. The van der Waals surface area contributed by atoms with E-state index in [9.17, 15) is 4.79 Å². The van der Waals surface area contributed by atoms with E-state index in [0.717, 1.165) is 49.1 Å². The van der Waals surface area contributed by atoms with Crippen molar-refractivity contribution in [3.63, 3.8) is 0 Å². The van der Waals surface area contributed by atoms with Gasteiger partial charge in [0.1, 0.15) is 5.82 Å². The fraction of sp³-hybridized carbons (Fsp3) is 0.368. The lowest BCUT2D eigenvalue weighted by Gasteiger charge is -2.35. The van der Waals surface area contributed by atoms with Crippen molar-refractivity contribution >= 4 is 11.7 Å². The van der Waals surface area contributed by atoms with Gasteiger partial charge in [0, 0.05) is 38.9 Å². The van der Waals surface area contributed by atoms with Crippen LogP contribution in [0.5, 0.6) is 11.5 Å². The Labute approximate surface area is 152 Å². The number of carbonyl (C=O) groups is 1. The van der Waals surface area contributed by atoms with Crippen LogP contribution >= 0.6 is 0 Å². The van der Waals surface area contributed by atoms with Crippen molar-refractivity contribution in [2.75, 3.05) is 44.4 Å². The average molecular weight is 354 g/mol. The van der Waals surface area contributed by atoms with Gasteiger partial charge < -0.3 is 24.6 Å². The number of carbonyl (C=O) groups excluding carboxylic acids is 1. The zero-order chi connectivity index (χ0) is 17.8. The van der Waals surface area contributed by atoms with E-state index in [-0.39, 0.29) is 12.7 Å². The van der Waals surface area contributed by atoms with Crippen LogP contribution in [0, 0.1) is 0 Å². The molecule has 0 atom stereocenters. The van der Waals surface area contributed by atoms with Gasteiger partial charge in [0.25, 0.3) is 0 Å². The number of nitrogens with one attached hydrogen (secondary N) is 1. The highest BCUT2D eigenvalue weighted by Crippen LogP contribution is 2.32. The number of nitrogens with zero attached hydrogens (tertiary/aromatic N) is 3. The average Bonchev–Trinajstić information content (AvgIpc) is 3.16. The highest BCUT2D eigenvalue weighted by molar-refractivity contribution is 5.78. The van der Waals surface area contributed by atoms with Crippen LogP contribution in [0.25, 0.3) is 0 Å². The Bertz CT molecular complexity index is 761. The number of rotatable bonds is 5. The fourth-order valence-electron chi connectivity index (χ4n) is 3.20. The second-order valence-corrected chi connectivity index (χ2v) is 6.35. The molecule has 136 valence electrons. The monoisotopic (exact) mass is 354 g/mol. The number of anilines is 1. The molecule has 0 saturated carbocycles. The van der Waals surface area contributed by atoms with Crippen molar-refractivity contribution < 1.29 is 14.3 Å². The van der Waals surface area contributed by atoms with E-state index in [2.05, 4.69) is 15.2 Å². The van der Waals surface area contributed by atoms with E-state index in [0.29, 0.717) is 13.1 Å². The van der Waals surface area contributed by atoms with Gasteiger partial charge >= 0.3 is 0 Å². The summed E-state index contributed by atoms with van der Waals surface area (Å²) in [5.41, 5.74) is 1.07. The minimum atomic E-state index is 0.131. The highest BCUT2D eigenvalue weighted by Gasteiger charge is 2.21. The molecular formula is C19H22N4O3. The number of ether oxygens (including phenoxy) is 2. The van der Waals surface area contributed by atoms with Gasteiger partial charge in [-0.25, -0.2) is 4.98 Å². The van der Waals surface area contributed by atoms with Crippen molar-refractivity contribution in [2.24, 2.45) is 0 Å². The normalized spacial score (nSPS) is 16.0. The molecule has 1 aromatic heterocycles. The molecule has 1 fully saturated rings. The molecule has 0 radical (unpaired) electrons. The van der Waals surface area contributed by atoms with E-state index in [1.54, 1.807) is 6.20 Å². The van der Waals surface area contributed by atoms with Crippen LogP contribution in [0.15, 0.2) is 42.6 Å². The number of hydrogen-bond acceptors (Lipinski definition) is 6. The number of fused-ring (bicyclic) bond motifs is 1. The summed E-state index contributed by atoms with van der Waals surface area (Å²) < 4.78 is 10.7. The van der Waals surface area contributed by atoms with Gasteiger partial charge in [-0.2, -0.15) is 0 Å². The third kappa shape index (κ3) is 3.72. The molecule has 0 spiro atoms. The lowest BCUT2D eigenvalue weighted by molar-refractivity contribution is -0.130. The molecular weight excluding hydrogens is 332 g/mol. The molecule has 1 amide bonds. The van der Waals surface area contributed by atoms with Crippen molar-refractivity contribution in [1.82, 2.24) is 15.2 Å².